The van der Waals surface area contributed by atoms with Gasteiger partial charge < -0.3 is 19.7 Å². The monoisotopic (exact) mass is 496 g/mol. The molecule has 9 atom stereocenters. The van der Waals surface area contributed by atoms with Gasteiger partial charge in [-0.3, -0.25) is 19.2 Å². The second-order valence-electron chi connectivity index (χ2n) is 10.7. The zero-order valence-corrected chi connectivity index (χ0v) is 20.0. The van der Waals surface area contributed by atoms with Gasteiger partial charge in [-0.25, -0.2) is 8.78 Å². The molecular formula is C25H30F2O8. The molecule has 4 aliphatic carbocycles. The smallest absolute Gasteiger partial charge is 0.303 e. The number of carbonyl (C=O) groups excluding carboxylic acids is 4. The van der Waals surface area contributed by atoms with Crippen LogP contribution in [0.1, 0.15) is 47.0 Å². The van der Waals surface area contributed by atoms with Crippen molar-refractivity contribution < 1.29 is 47.6 Å². The quantitative estimate of drug-likeness (QED) is 0.564. The molecule has 0 heterocycles. The molecule has 35 heavy (non-hydrogen) atoms. The number of allylic oxidation sites excluding steroid dienone is 4. The highest BCUT2D eigenvalue weighted by Gasteiger charge is 2.78. The third-order valence-corrected chi connectivity index (χ3v) is 8.96. The van der Waals surface area contributed by atoms with Crippen LogP contribution < -0.4 is 0 Å². The van der Waals surface area contributed by atoms with E-state index in [1.54, 1.807) is 0 Å². The first-order valence-corrected chi connectivity index (χ1v) is 11.7. The molecule has 8 nitrogen and oxygen atoms in total. The maximum absolute atomic E-state index is 17.2. The van der Waals surface area contributed by atoms with E-state index in [4.69, 9.17) is 9.47 Å². The lowest BCUT2D eigenvalue weighted by atomic mass is 9.44. The van der Waals surface area contributed by atoms with Crippen LogP contribution in [0.5, 0.6) is 0 Å². The summed E-state index contributed by atoms with van der Waals surface area (Å²) in [5.41, 5.74) is -8.06. The van der Waals surface area contributed by atoms with Crippen molar-refractivity contribution in [3.63, 3.8) is 0 Å². The maximum atomic E-state index is 17.2. The Labute approximate surface area is 201 Å². The van der Waals surface area contributed by atoms with Crippen LogP contribution in [-0.2, 0) is 28.7 Å². The molecule has 10 heteroatoms. The van der Waals surface area contributed by atoms with Crippen LogP contribution >= 0.6 is 0 Å². The summed E-state index contributed by atoms with van der Waals surface area (Å²) in [7, 11) is 0. The Morgan fingerprint density at radius 1 is 1.14 bits per heavy atom. The Morgan fingerprint density at radius 2 is 1.80 bits per heavy atom. The number of aliphatic hydroxyl groups excluding tert-OH is 1. The Balaban J connectivity index is 1.83. The van der Waals surface area contributed by atoms with Crippen LogP contribution in [0, 0.1) is 22.7 Å². The Kier molecular flexibility index (Phi) is 5.88. The zero-order chi connectivity index (χ0) is 26.1. The number of aliphatic hydroxyl groups is 2. The number of halogens is 2. The van der Waals surface area contributed by atoms with Gasteiger partial charge in [0.2, 0.25) is 5.78 Å². The largest absolute Gasteiger partial charge is 0.459 e. The number of hydrogen-bond donors (Lipinski definition) is 2. The van der Waals surface area contributed by atoms with Gasteiger partial charge in [-0.2, -0.15) is 0 Å². The number of ether oxygens (including phenoxy) is 2. The van der Waals surface area contributed by atoms with E-state index in [1.165, 1.54) is 19.9 Å². The molecule has 0 aliphatic heterocycles. The summed E-state index contributed by atoms with van der Waals surface area (Å²) in [5.74, 6) is -5.05. The molecule has 3 saturated carbocycles. The first kappa shape index (κ1) is 25.6. The van der Waals surface area contributed by atoms with Gasteiger partial charge in [0, 0.05) is 30.6 Å². The number of hydrogen-bond acceptors (Lipinski definition) is 8. The molecule has 0 saturated heterocycles. The van der Waals surface area contributed by atoms with Crippen LogP contribution in [-0.4, -0.2) is 70.0 Å². The summed E-state index contributed by atoms with van der Waals surface area (Å²) in [6.07, 6.45) is -2.33. The molecule has 192 valence electrons. The molecule has 4 aliphatic rings. The second-order valence-corrected chi connectivity index (χ2v) is 10.7. The van der Waals surface area contributed by atoms with Crippen molar-refractivity contribution in [3.8, 4) is 0 Å². The topological polar surface area (TPSA) is 127 Å². The minimum atomic E-state index is -2.42. The van der Waals surface area contributed by atoms with E-state index < -0.39 is 95.3 Å². The third kappa shape index (κ3) is 3.28. The normalized spacial score (nSPS) is 46.1. The third-order valence-electron chi connectivity index (χ3n) is 8.96. The summed E-state index contributed by atoms with van der Waals surface area (Å²) in [4.78, 5) is 48.3. The van der Waals surface area contributed by atoms with E-state index >= 15 is 8.78 Å². The molecule has 3 fully saturated rings. The summed E-state index contributed by atoms with van der Waals surface area (Å²) in [5, 5.41) is 23.1. The molecule has 0 radical (unpaired) electrons. The van der Waals surface area contributed by atoms with Gasteiger partial charge in [-0.05, 0) is 49.8 Å². The van der Waals surface area contributed by atoms with Crippen molar-refractivity contribution >= 4 is 23.5 Å². The lowest BCUT2D eigenvalue weighted by Crippen LogP contribution is -2.71. The molecule has 0 bridgehead atoms. The standard InChI is InChI=1S/C25H30F2O8/c1-12(28)34-11-20(32)25(33)21(35-13(2)29)9-15-16-8-18(26)17-7-14(30)5-6-22(17,3)24(16,27)19(31)10-23(15,25)4/h5-7,15-16,18-19,21,31,33H,8-11H2,1-4H3/t15-,16-,18-,19-,21+,22-,23-,24-,25+/m0/s1. The van der Waals surface area contributed by atoms with Crippen LogP contribution in [0.15, 0.2) is 23.8 Å². The second kappa shape index (κ2) is 8.03. The van der Waals surface area contributed by atoms with Crippen molar-refractivity contribution in [2.45, 2.75) is 76.6 Å². The van der Waals surface area contributed by atoms with Crippen molar-refractivity contribution in [2.24, 2.45) is 22.7 Å². The van der Waals surface area contributed by atoms with Crippen molar-refractivity contribution in [2.75, 3.05) is 6.61 Å². The number of Topliss-reactive ketones (excluding diaryl/α,β-unsaturated/α-hetero) is 1. The number of fused-ring (bicyclic) bond motifs is 5. The Morgan fingerprint density at radius 3 is 2.40 bits per heavy atom. The molecule has 0 aromatic rings. The fourth-order valence-electron chi connectivity index (χ4n) is 7.30. The Bertz CT molecular complexity index is 1050. The molecule has 0 aromatic carbocycles. The lowest BCUT2D eigenvalue weighted by molar-refractivity contribution is -0.227. The van der Waals surface area contributed by atoms with Gasteiger partial charge >= 0.3 is 11.9 Å². The summed E-state index contributed by atoms with van der Waals surface area (Å²) < 4.78 is 42.8. The number of alkyl halides is 2. The summed E-state index contributed by atoms with van der Waals surface area (Å²) >= 11 is 0. The van der Waals surface area contributed by atoms with E-state index in [0.717, 1.165) is 26.0 Å². The van der Waals surface area contributed by atoms with Crippen LogP contribution in [0.3, 0.4) is 0 Å². The van der Waals surface area contributed by atoms with E-state index in [9.17, 15) is 29.4 Å². The Hall–Kier alpha value is -2.46. The van der Waals surface area contributed by atoms with Gasteiger partial charge in [0.05, 0.1) is 6.10 Å². The predicted octanol–water partition coefficient (Wildman–Crippen LogP) is 1.71. The molecule has 0 unspecified atom stereocenters. The first-order chi connectivity index (χ1) is 16.1. The average molecular weight is 497 g/mol. The minimum absolute atomic E-state index is 0.0536. The van der Waals surface area contributed by atoms with Gasteiger partial charge in [-0.1, -0.05) is 13.0 Å². The number of ketones is 2. The van der Waals surface area contributed by atoms with E-state index in [2.05, 4.69) is 0 Å². The van der Waals surface area contributed by atoms with Crippen molar-refractivity contribution in [1.82, 2.24) is 0 Å². The SMILES string of the molecule is CC(=O)OCC(=O)[C@@]1(O)[C@H](OC(C)=O)C[C@H]2[C@@H]3C[C@H](F)C4=CC(=O)C=C[C@]4(C)[C@@]3(F)[C@@H](O)C[C@@]21C. The molecule has 4 rings (SSSR count). The molecule has 0 spiro atoms. The van der Waals surface area contributed by atoms with E-state index in [1.807, 2.05) is 0 Å². The van der Waals surface area contributed by atoms with Crippen LogP contribution in [0.4, 0.5) is 8.78 Å². The molecular weight excluding hydrogens is 466 g/mol. The average Bonchev–Trinajstić information content (AvgIpc) is 2.97. The van der Waals surface area contributed by atoms with Crippen LogP contribution in [0.25, 0.3) is 0 Å². The number of rotatable bonds is 4. The van der Waals surface area contributed by atoms with Crippen molar-refractivity contribution in [1.29, 1.82) is 0 Å². The highest BCUT2D eigenvalue weighted by molar-refractivity contribution is 6.01. The number of esters is 2. The predicted molar refractivity (Wildman–Crippen MR) is 116 cm³/mol. The summed E-state index contributed by atoms with van der Waals surface area (Å²) in [6.45, 7) is 4.28. The lowest BCUT2D eigenvalue weighted by Gasteiger charge is -2.62. The van der Waals surface area contributed by atoms with Crippen LogP contribution in [0.2, 0.25) is 0 Å². The van der Waals surface area contributed by atoms with Crippen molar-refractivity contribution in [3.05, 3.63) is 23.8 Å². The minimum Gasteiger partial charge on any atom is -0.459 e. The van der Waals surface area contributed by atoms with Gasteiger partial charge in [0.15, 0.2) is 23.7 Å². The highest BCUT2D eigenvalue weighted by atomic mass is 19.1. The molecule has 0 aromatic heterocycles. The fraction of sp³-hybridized carbons (Fsp3) is 0.680. The zero-order valence-electron chi connectivity index (χ0n) is 20.0. The molecule has 2 N–H and O–H groups in total. The first-order valence-electron chi connectivity index (χ1n) is 11.7. The van der Waals surface area contributed by atoms with E-state index in [0.29, 0.717) is 0 Å². The van der Waals surface area contributed by atoms with Gasteiger partial charge in [0.25, 0.3) is 0 Å². The van der Waals surface area contributed by atoms with E-state index in [-0.39, 0.29) is 12.0 Å². The maximum Gasteiger partial charge on any atom is 0.303 e. The summed E-state index contributed by atoms with van der Waals surface area (Å²) in [6, 6.07) is 0. The highest BCUT2D eigenvalue weighted by Crippen LogP contribution is 2.70. The fourth-order valence-corrected chi connectivity index (χ4v) is 7.30. The number of carbonyl (C=O) groups is 4. The van der Waals surface area contributed by atoms with Gasteiger partial charge in [0.1, 0.15) is 12.3 Å². The molecule has 0 amide bonds. The van der Waals surface area contributed by atoms with Gasteiger partial charge in [-0.15, -0.1) is 0 Å².